The van der Waals surface area contributed by atoms with Gasteiger partial charge < -0.3 is 14.6 Å². The summed E-state index contributed by atoms with van der Waals surface area (Å²) in [7, 11) is 0. The van der Waals surface area contributed by atoms with Crippen LogP contribution in [0.3, 0.4) is 0 Å². The zero-order valence-electron chi connectivity index (χ0n) is 13.4. The first-order chi connectivity index (χ1) is 11.6. The summed E-state index contributed by atoms with van der Waals surface area (Å²) in [6.07, 6.45) is 2.76. The summed E-state index contributed by atoms with van der Waals surface area (Å²) in [5.74, 6) is 0.0893. The topological polar surface area (TPSA) is 62.6 Å². The number of nitrogens with one attached hydrogen (secondary N) is 1. The average molecular weight is 347 g/mol. The van der Waals surface area contributed by atoms with Crippen LogP contribution in [0.2, 0.25) is 5.02 Å². The van der Waals surface area contributed by atoms with E-state index in [1.165, 1.54) is 6.26 Å². The van der Waals surface area contributed by atoms with Crippen molar-refractivity contribution in [2.75, 3.05) is 18.4 Å². The Kier molecular flexibility index (Phi) is 4.90. The molecule has 2 aromatic rings. The van der Waals surface area contributed by atoms with E-state index >= 15 is 0 Å². The van der Waals surface area contributed by atoms with Crippen molar-refractivity contribution in [2.45, 2.75) is 19.8 Å². The number of rotatable bonds is 3. The zero-order chi connectivity index (χ0) is 17.1. The first-order valence-electron chi connectivity index (χ1n) is 7.95. The second kappa shape index (κ2) is 7.09. The largest absolute Gasteiger partial charge is 0.459 e. The smallest absolute Gasteiger partial charge is 0.289 e. The minimum atomic E-state index is -0.121. The number of hydrogen-bond donors (Lipinski definition) is 1. The van der Waals surface area contributed by atoms with Crippen LogP contribution in [0.4, 0.5) is 5.69 Å². The Balaban J connectivity index is 1.57. The van der Waals surface area contributed by atoms with Gasteiger partial charge in [-0.1, -0.05) is 17.7 Å². The van der Waals surface area contributed by atoms with Gasteiger partial charge in [-0.25, -0.2) is 0 Å². The number of halogens is 1. The molecule has 0 bridgehead atoms. The molecule has 1 fully saturated rings. The molecule has 24 heavy (non-hydrogen) atoms. The fourth-order valence-corrected chi connectivity index (χ4v) is 3.05. The van der Waals surface area contributed by atoms with Crippen molar-refractivity contribution >= 4 is 29.1 Å². The van der Waals surface area contributed by atoms with E-state index in [1.807, 2.05) is 19.1 Å². The molecule has 0 spiro atoms. The van der Waals surface area contributed by atoms with Crippen LogP contribution in [0, 0.1) is 12.8 Å². The van der Waals surface area contributed by atoms with Gasteiger partial charge >= 0.3 is 0 Å². The lowest BCUT2D eigenvalue weighted by atomic mass is 9.95. The van der Waals surface area contributed by atoms with E-state index in [0.29, 0.717) is 36.7 Å². The summed E-state index contributed by atoms with van der Waals surface area (Å²) in [6.45, 7) is 2.97. The number of likely N-dealkylation sites (tertiary alicyclic amines) is 1. The van der Waals surface area contributed by atoms with Crippen LogP contribution in [0.1, 0.15) is 29.0 Å². The Labute approximate surface area is 145 Å². The number of piperidine rings is 1. The van der Waals surface area contributed by atoms with Crippen LogP contribution in [0.15, 0.2) is 41.0 Å². The number of nitrogens with zero attached hydrogens (tertiary/aromatic N) is 1. The van der Waals surface area contributed by atoms with E-state index in [2.05, 4.69) is 5.32 Å². The van der Waals surface area contributed by atoms with Gasteiger partial charge in [0.25, 0.3) is 5.91 Å². The maximum absolute atomic E-state index is 12.5. The minimum absolute atomic E-state index is 0.0227. The molecule has 2 heterocycles. The molecular weight excluding hydrogens is 328 g/mol. The first-order valence-corrected chi connectivity index (χ1v) is 8.33. The van der Waals surface area contributed by atoms with Gasteiger partial charge in [-0.15, -0.1) is 0 Å². The number of carbonyl (C=O) groups is 2. The quantitative estimate of drug-likeness (QED) is 0.921. The summed E-state index contributed by atoms with van der Waals surface area (Å²) in [5.41, 5.74) is 1.60. The molecule has 1 N–H and O–H groups in total. The summed E-state index contributed by atoms with van der Waals surface area (Å²) in [5, 5.41) is 3.58. The highest BCUT2D eigenvalue weighted by Crippen LogP contribution is 2.25. The van der Waals surface area contributed by atoms with Crippen molar-refractivity contribution in [2.24, 2.45) is 5.92 Å². The number of carbonyl (C=O) groups excluding carboxylic acids is 2. The van der Waals surface area contributed by atoms with Crippen molar-refractivity contribution in [1.82, 2.24) is 4.90 Å². The lowest BCUT2D eigenvalue weighted by molar-refractivity contribution is -0.121. The molecule has 3 rings (SSSR count). The van der Waals surface area contributed by atoms with Crippen LogP contribution in [-0.4, -0.2) is 29.8 Å². The SMILES string of the molecule is Cc1c(Cl)cccc1NC(=O)C1CCN(C(=O)c2ccco2)CC1. The molecule has 1 aromatic carbocycles. The van der Waals surface area contributed by atoms with Crippen LogP contribution in [-0.2, 0) is 4.79 Å². The lowest BCUT2D eigenvalue weighted by Crippen LogP contribution is -2.41. The molecule has 126 valence electrons. The maximum Gasteiger partial charge on any atom is 0.289 e. The van der Waals surface area contributed by atoms with Crippen molar-refractivity contribution in [1.29, 1.82) is 0 Å². The maximum atomic E-state index is 12.5. The summed E-state index contributed by atoms with van der Waals surface area (Å²) >= 11 is 6.08. The third-order valence-electron chi connectivity index (χ3n) is 4.41. The Hall–Kier alpha value is -2.27. The molecule has 0 saturated carbocycles. The Morgan fingerprint density at radius 2 is 1.96 bits per heavy atom. The number of anilines is 1. The van der Waals surface area contributed by atoms with Gasteiger partial charge in [0.1, 0.15) is 0 Å². The standard InChI is InChI=1S/C18H19ClN2O3/c1-12-14(19)4-2-5-15(12)20-17(22)13-7-9-21(10-8-13)18(23)16-6-3-11-24-16/h2-6,11,13H,7-10H2,1H3,(H,20,22). The van der Waals surface area contributed by atoms with Gasteiger partial charge in [-0.2, -0.15) is 0 Å². The molecule has 0 aliphatic carbocycles. The average Bonchev–Trinajstić information content (AvgIpc) is 3.13. The molecule has 1 saturated heterocycles. The van der Waals surface area contributed by atoms with Gasteiger partial charge in [-0.3, -0.25) is 9.59 Å². The summed E-state index contributed by atoms with van der Waals surface area (Å²) < 4.78 is 5.14. The fraction of sp³-hybridized carbons (Fsp3) is 0.333. The number of benzene rings is 1. The van der Waals surface area contributed by atoms with Crippen LogP contribution < -0.4 is 5.32 Å². The fourth-order valence-electron chi connectivity index (χ4n) is 2.88. The highest BCUT2D eigenvalue weighted by Gasteiger charge is 2.29. The molecule has 1 aromatic heterocycles. The number of furan rings is 1. The van der Waals surface area contributed by atoms with Crippen molar-refractivity contribution in [3.8, 4) is 0 Å². The van der Waals surface area contributed by atoms with Gasteiger partial charge in [0, 0.05) is 29.7 Å². The Morgan fingerprint density at radius 3 is 2.62 bits per heavy atom. The van der Waals surface area contributed by atoms with Crippen molar-refractivity contribution < 1.29 is 14.0 Å². The number of hydrogen-bond acceptors (Lipinski definition) is 3. The van der Waals surface area contributed by atoms with E-state index in [1.54, 1.807) is 23.1 Å². The van der Waals surface area contributed by atoms with E-state index in [0.717, 1.165) is 11.3 Å². The molecular formula is C18H19ClN2O3. The molecule has 0 atom stereocenters. The summed E-state index contributed by atoms with van der Waals surface area (Å²) in [4.78, 5) is 26.4. The van der Waals surface area contributed by atoms with Crippen molar-refractivity contribution in [3.05, 3.63) is 52.9 Å². The normalized spacial score (nSPS) is 15.3. The second-order valence-electron chi connectivity index (χ2n) is 5.95. The minimum Gasteiger partial charge on any atom is -0.459 e. The van der Waals surface area contributed by atoms with Gasteiger partial charge in [0.15, 0.2) is 5.76 Å². The molecule has 1 aliphatic heterocycles. The molecule has 0 radical (unpaired) electrons. The van der Waals surface area contributed by atoms with E-state index in [4.69, 9.17) is 16.0 Å². The van der Waals surface area contributed by atoms with Gasteiger partial charge in [-0.05, 0) is 49.6 Å². The highest BCUT2D eigenvalue weighted by atomic mass is 35.5. The third-order valence-corrected chi connectivity index (χ3v) is 4.82. The lowest BCUT2D eigenvalue weighted by Gasteiger charge is -2.30. The Bertz CT molecular complexity index is 735. The predicted molar refractivity (Wildman–Crippen MR) is 92.2 cm³/mol. The first kappa shape index (κ1) is 16.6. The number of amides is 2. The van der Waals surface area contributed by atoms with E-state index in [9.17, 15) is 9.59 Å². The van der Waals surface area contributed by atoms with Crippen LogP contribution >= 0.6 is 11.6 Å². The third kappa shape index (κ3) is 3.46. The van der Waals surface area contributed by atoms with E-state index < -0.39 is 0 Å². The highest BCUT2D eigenvalue weighted by molar-refractivity contribution is 6.31. The predicted octanol–water partition coefficient (Wildman–Crippen LogP) is 3.73. The molecule has 5 nitrogen and oxygen atoms in total. The monoisotopic (exact) mass is 346 g/mol. The Morgan fingerprint density at radius 1 is 1.21 bits per heavy atom. The molecule has 2 amide bonds. The molecule has 6 heteroatoms. The van der Waals surface area contributed by atoms with Gasteiger partial charge in [0.05, 0.1) is 6.26 Å². The zero-order valence-corrected chi connectivity index (χ0v) is 14.2. The van der Waals surface area contributed by atoms with Gasteiger partial charge in [0.2, 0.25) is 5.91 Å². The second-order valence-corrected chi connectivity index (χ2v) is 6.35. The summed E-state index contributed by atoms with van der Waals surface area (Å²) in [6, 6.07) is 8.80. The van der Waals surface area contributed by atoms with Crippen LogP contribution in [0.25, 0.3) is 0 Å². The van der Waals surface area contributed by atoms with Crippen LogP contribution in [0.5, 0.6) is 0 Å². The molecule has 0 unspecified atom stereocenters. The van der Waals surface area contributed by atoms with E-state index in [-0.39, 0.29) is 17.7 Å². The molecule has 1 aliphatic rings. The van der Waals surface area contributed by atoms with Crippen molar-refractivity contribution in [3.63, 3.8) is 0 Å².